The van der Waals surface area contributed by atoms with Crippen LogP contribution in [0.4, 0.5) is 0 Å². The summed E-state index contributed by atoms with van der Waals surface area (Å²) in [5.41, 5.74) is 2.77. The molecule has 170 valence electrons. The molecule has 3 heterocycles. The topological polar surface area (TPSA) is 61.5 Å². The highest BCUT2D eigenvalue weighted by Crippen LogP contribution is 2.20. The summed E-state index contributed by atoms with van der Waals surface area (Å²) >= 11 is 0. The molecule has 0 unspecified atom stereocenters. The summed E-state index contributed by atoms with van der Waals surface area (Å²) in [5, 5.41) is 5.59. The third kappa shape index (κ3) is 4.78. The van der Waals surface area contributed by atoms with E-state index in [4.69, 9.17) is 9.47 Å². The molecule has 2 aromatic heterocycles. The van der Waals surface area contributed by atoms with Crippen molar-refractivity contribution < 1.29 is 9.47 Å². The van der Waals surface area contributed by atoms with Gasteiger partial charge in [0.1, 0.15) is 18.1 Å². The molecule has 0 spiro atoms. The Bertz CT molecular complexity index is 1290. The second-order valence-corrected chi connectivity index (χ2v) is 8.37. The first-order valence-corrected chi connectivity index (χ1v) is 11.4. The predicted molar refractivity (Wildman–Crippen MR) is 128 cm³/mol. The first kappa shape index (κ1) is 21.3. The summed E-state index contributed by atoms with van der Waals surface area (Å²) < 4.78 is 14.7. The lowest BCUT2D eigenvalue weighted by Crippen LogP contribution is -2.24. The Morgan fingerprint density at radius 1 is 0.939 bits per heavy atom. The molecule has 1 fully saturated rings. The number of rotatable bonds is 8. The molecule has 0 N–H and O–H groups in total. The highest BCUT2D eigenvalue weighted by molar-refractivity contribution is 5.80. The molecule has 0 aliphatic carbocycles. The fourth-order valence-electron chi connectivity index (χ4n) is 4.30. The molecule has 1 saturated heterocycles. The number of fused-ring (bicyclic) bond motifs is 1. The van der Waals surface area contributed by atoms with Gasteiger partial charge in [0.15, 0.2) is 0 Å². The van der Waals surface area contributed by atoms with Gasteiger partial charge >= 0.3 is 0 Å². The maximum atomic E-state index is 12.8. The molecule has 33 heavy (non-hydrogen) atoms. The minimum atomic E-state index is -0.136. The van der Waals surface area contributed by atoms with E-state index < -0.39 is 0 Å². The van der Waals surface area contributed by atoms with Crippen molar-refractivity contribution in [2.24, 2.45) is 0 Å². The lowest BCUT2D eigenvalue weighted by atomic mass is 10.2. The van der Waals surface area contributed by atoms with Gasteiger partial charge in [-0.15, -0.1) is 0 Å². The molecule has 5 rings (SSSR count). The van der Waals surface area contributed by atoms with Gasteiger partial charge in [-0.2, -0.15) is 5.10 Å². The third-order valence-electron chi connectivity index (χ3n) is 6.19. The standard InChI is InChI=1S/C26H28N4O3/c1-32-23-7-4-20(5-8-23)19-33-24-10-13-29(26(31)17-24)22-6-9-25-21(16-22)18-27-30(25)15-14-28-11-2-3-12-28/h4-10,13,16-18H,2-3,11-12,14-15,19H2,1H3. The van der Waals surface area contributed by atoms with E-state index in [0.717, 1.165) is 41.0 Å². The number of hydrogen-bond acceptors (Lipinski definition) is 5. The molecule has 1 aliphatic heterocycles. The summed E-state index contributed by atoms with van der Waals surface area (Å²) in [6, 6.07) is 17.0. The van der Waals surface area contributed by atoms with Crippen LogP contribution in [-0.4, -0.2) is 46.0 Å². The lowest BCUT2D eigenvalue weighted by molar-refractivity contribution is 0.305. The molecule has 1 aliphatic rings. The van der Waals surface area contributed by atoms with E-state index in [9.17, 15) is 4.79 Å². The predicted octanol–water partition coefficient (Wildman–Crippen LogP) is 3.87. The van der Waals surface area contributed by atoms with Crippen LogP contribution >= 0.6 is 0 Å². The number of pyridine rings is 1. The van der Waals surface area contributed by atoms with Crippen LogP contribution in [0.25, 0.3) is 16.6 Å². The van der Waals surface area contributed by atoms with Gasteiger partial charge in [-0.25, -0.2) is 0 Å². The van der Waals surface area contributed by atoms with Gasteiger partial charge in [-0.1, -0.05) is 12.1 Å². The van der Waals surface area contributed by atoms with Crippen molar-refractivity contribution in [1.82, 2.24) is 19.2 Å². The Hall–Kier alpha value is -3.58. The van der Waals surface area contributed by atoms with Crippen LogP contribution in [-0.2, 0) is 13.2 Å². The highest BCUT2D eigenvalue weighted by atomic mass is 16.5. The van der Waals surface area contributed by atoms with Gasteiger partial charge in [-0.05, 0) is 67.9 Å². The molecule has 0 saturated carbocycles. The summed E-state index contributed by atoms with van der Waals surface area (Å²) in [6.07, 6.45) is 6.22. The number of hydrogen-bond donors (Lipinski definition) is 0. The van der Waals surface area contributed by atoms with Gasteiger partial charge in [0.25, 0.3) is 5.56 Å². The average Bonchev–Trinajstić information content (AvgIpc) is 3.51. The minimum absolute atomic E-state index is 0.136. The van der Waals surface area contributed by atoms with E-state index in [2.05, 4.69) is 14.7 Å². The maximum Gasteiger partial charge on any atom is 0.258 e. The summed E-state index contributed by atoms with van der Waals surface area (Å²) in [6.45, 7) is 4.66. The van der Waals surface area contributed by atoms with E-state index in [-0.39, 0.29) is 5.56 Å². The smallest absolute Gasteiger partial charge is 0.258 e. The van der Waals surface area contributed by atoms with Gasteiger partial charge < -0.3 is 14.4 Å². The molecule has 0 amide bonds. The van der Waals surface area contributed by atoms with Gasteiger partial charge in [-0.3, -0.25) is 14.0 Å². The van der Waals surface area contributed by atoms with Crippen molar-refractivity contribution in [3.05, 3.63) is 82.9 Å². The van der Waals surface area contributed by atoms with Crippen LogP contribution in [0.2, 0.25) is 0 Å². The molecular weight excluding hydrogens is 416 g/mol. The van der Waals surface area contributed by atoms with E-state index in [1.165, 1.54) is 32.0 Å². The van der Waals surface area contributed by atoms with Gasteiger partial charge in [0.2, 0.25) is 0 Å². The van der Waals surface area contributed by atoms with Gasteiger partial charge in [0, 0.05) is 29.9 Å². The van der Waals surface area contributed by atoms with Crippen molar-refractivity contribution in [2.45, 2.75) is 26.0 Å². The molecule has 7 heteroatoms. The fraction of sp³-hybridized carbons (Fsp3) is 0.308. The van der Waals surface area contributed by atoms with Crippen LogP contribution < -0.4 is 15.0 Å². The van der Waals surface area contributed by atoms with Crippen molar-refractivity contribution in [1.29, 1.82) is 0 Å². The minimum Gasteiger partial charge on any atom is -0.497 e. The van der Waals surface area contributed by atoms with Crippen LogP contribution in [0.1, 0.15) is 18.4 Å². The van der Waals surface area contributed by atoms with Crippen LogP contribution in [0.15, 0.2) is 71.8 Å². The lowest BCUT2D eigenvalue weighted by Gasteiger charge is -2.14. The Morgan fingerprint density at radius 3 is 2.52 bits per heavy atom. The number of aromatic nitrogens is 3. The summed E-state index contributed by atoms with van der Waals surface area (Å²) in [4.78, 5) is 15.3. The summed E-state index contributed by atoms with van der Waals surface area (Å²) in [5.74, 6) is 1.35. The molecule has 4 aromatic rings. The van der Waals surface area contributed by atoms with Crippen molar-refractivity contribution in [3.8, 4) is 17.2 Å². The quantitative estimate of drug-likeness (QED) is 0.413. The van der Waals surface area contributed by atoms with Gasteiger partial charge in [0.05, 0.1) is 25.4 Å². The maximum absolute atomic E-state index is 12.8. The van der Waals surface area contributed by atoms with Crippen LogP contribution in [0.3, 0.4) is 0 Å². The van der Waals surface area contributed by atoms with E-state index in [1.54, 1.807) is 17.9 Å². The number of benzene rings is 2. The molecule has 7 nitrogen and oxygen atoms in total. The Morgan fingerprint density at radius 2 is 1.76 bits per heavy atom. The third-order valence-corrected chi connectivity index (χ3v) is 6.19. The van der Waals surface area contributed by atoms with Crippen LogP contribution in [0.5, 0.6) is 11.5 Å². The second kappa shape index (κ2) is 9.50. The van der Waals surface area contributed by atoms with Crippen molar-refractivity contribution in [3.63, 3.8) is 0 Å². The van der Waals surface area contributed by atoms with E-state index >= 15 is 0 Å². The number of nitrogens with zero attached hydrogens (tertiary/aromatic N) is 4. The molecule has 0 bridgehead atoms. The van der Waals surface area contributed by atoms with Crippen molar-refractivity contribution >= 4 is 10.9 Å². The Kier molecular flexibility index (Phi) is 6.13. The Labute approximate surface area is 192 Å². The monoisotopic (exact) mass is 444 g/mol. The zero-order valence-corrected chi connectivity index (χ0v) is 18.8. The fourth-order valence-corrected chi connectivity index (χ4v) is 4.30. The summed E-state index contributed by atoms with van der Waals surface area (Å²) in [7, 11) is 1.64. The first-order valence-electron chi connectivity index (χ1n) is 11.4. The zero-order chi connectivity index (χ0) is 22.6. The number of likely N-dealkylation sites (tertiary alicyclic amines) is 1. The molecular formula is C26H28N4O3. The highest BCUT2D eigenvalue weighted by Gasteiger charge is 2.12. The van der Waals surface area contributed by atoms with Crippen molar-refractivity contribution in [2.75, 3.05) is 26.7 Å². The van der Waals surface area contributed by atoms with E-state index in [1.807, 2.05) is 54.7 Å². The van der Waals surface area contributed by atoms with E-state index in [0.29, 0.717) is 12.4 Å². The molecule has 0 radical (unpaired) electrons. The first-order chi connectivity index (χ1) is 16.2. The average molecular weight is 445 g/mol. The number of ether oxygens (including phenoxy) is 2. The number of methoxy groups -OCH3 is 1. The zero-order valence-electron chi connectivity index (χ0n) is 18.8. The SMILES string of the molecule is COc1ccc(COc2ccn(-c3ccc4c(cnn4CCN4CCCC4)c3)c(=O)c2)cc1. The largest absolute Gasteiger partial charge is 0.497 e. The Balaban J connectivity index is 1.28. The molecule has 2 aromatic carbocycles. The van der Waals surface area contributed by atoms with Crippen LogP contribution in [0, 0.1) is 0 Å². The second-order valence-electron chi connectivity index (χ2n) is 8.37. The molecule has 0 atom stereocenters. The normalized spacial score (nSPS) is 14.1.